The second-order valence-electron chi connectivity index (χ2n) is 6.17. The Bertz CT molecular complexity index is 717. The Hall–Kier alpha value is -2.14. The highest BCUT2D eigenvalue weighted by atomic mass is 16.5. The van der Waals surface area contributed by atoms with Crippen LogP contribution in [0, 0.1) is 0 Å². The van der Waals surface area contributed by atoms with Crippen molar-refractivity contribution >= 4 is 22.5 Å². The number of nitrogens with one attached hydrogen (secondary N) is 1. The van der Waals surface area contributed by atoms with Crippen LogP contribution in [-0.4, -0.2) is 29.7 Å². The van der Waals surface area contributed by atoms with E-state index in [2.05, 4.69) is 17.2 Å². The maximum absolute atomic E-state index is 12.9. The second kappa shape index (κ2) is 8.81. The molecule has 0 aliphatic heterocycles. The zero-order valence-corrected chi connectivity index (χ0v) is 15.6. The molecule has 0 bridgehead atoms. The molecule has 1 heterocycles. The van der Waals surface area contributed by atoms with Crippen molar-refractivity contribution in [3.05, 3.63) is 30.5 Å². The molecule has 0 saturated carbocycles. The van der Waals surface area contributed by atoms with Gasteiger partial charge in [-0.2, -0.15) is 0 Å². The number of benzene rings is 1. The van der Waals surface area contributed by atoms with Crippen LogP contribution >= 0.6 is 0 Å². The van der Waals surface area contributed by atoms with E-state index in [0.717, 1.165) is 35.2 Å². The number of fused-ring (bicyclic) bond motifs is 1. The molecule has 0 radical (unpaired) electrons. The van der Waals surface area contributed by atoms with Crippen LogP contribution in [0.4, 0.5) is 5.69 Å². The first-order valence-corrected chi connectivity index (χ1v) is 9.01. The van der Waals surface area contributed by atoms with Crippen LogP contribution in [0.1, 0.15) is 47.0 Å². The second-order valence-corrected chi connectivity index (χ2v) is 6.17. The third kappa shape index (κ3) is 4.48. The minimum Gasteiger partial charge on any atom is -0.492 e. The highest BCUT2D eigenvalue weighted by Gasteiger charge is 2.33. The van der Waals surface area contributed by atoms with Crippen molar-refractivity contribution in [3.8, 4) is 5.75 Å². The number of amides is 1. The topological polar surface area (TPSA) is 60.5 Å². The van der Waals surface area contributed by atoms with Crippen molar-refractivity contribution < 1.29 is 14.3 Å². The summed E-state index contributed by atoms with van der Waals surface area (Å²) in [5, 5.41) is 3.89. The summed E-state index contributed by atoms with van der Waals surface area (Å²) in [6.07, 6.45) is 4.37. The van der Waals surface area contributed by atoms with Crippen molar-refractivity contribution in [1.82, 2.24) is 4.98 Å². The number of aromatic nitrogens is 1. The van der Waals surface area contributed by atoms with Gasteiger partial charge < -0.3 is 14.8 Å². The molecule has 2 rings (SSSR count). The number of ether oxygens (including phenoxy) is 2. The molecule has 1 aromatic carbocycles. The predicted octanol–water partition coefficient (Wildman–Crippen LogP) is 4.56. The number of carbonyl (C=O) groups excluding carboxylic acids is 1. The number of nitrogens with zero attached hydrogens (tertiary/aromatic N) is 1. The van der Waals surface area contributed by atoms with Gasteiger partial charge in [-0.15, -0.1) is 0 Å². The molecule has 0 spiro atoms. The van der Waals surface area contributed by atoms with Gasteiger partial charge in [-0.05, 0) is 51.5 Å². The minimum atomic E-state index is -0.835. The molecule has 0 fully saturated rings. The summed E-state index contributed by atoms with van der Waals surface area (Å²) >= 11 is 0. The van der Waals surface area contributed by atoms with Crippen molar-refractivity contribution in [2.24, 2.45) is 0 Å². The van der Waals surface area contributed by atoms with Crippen molar-refractivity contribution in [1.29, 1.82) is 0 Å². The molecule has 5 heteroatoms. The number of anilines is 1. The first-order chi connectivity index (χ1) is 12.1. The number of unbranched alkanes of at least 4 members (excludes halogenated alkanes) is 1. The van der Waals surface area contributed by atoms with Gasteiger partial charge in [0.1, 0.15) is 16.9 Å². The fraction of sp³-hybridized carbons (Fsp3) is 0.500. The van der Waals surface area contributed by atoms with Crippen LogP contribution in [0.25, 0.3) is 10.9 Å². The smallest absolute Gasteiger partial charge is 0.256 e. The molecule has 25 heavy (non-hydrogen) atoms. The highest BCUT2D eigenvalue weighted by molar-refractivity contribution is 6.05. The van der Waals surface area contributed by atoms with Crippen molar-refractivity contribution in [3.63, 3.8) is 0 Å². The van der Waals surface area contributed by atoms with Crippen LogP contribution in [0.15, 0.2) is 30.5 Å². The standard InChI is InChI=1S/C20H28N2O3/c1-5-8-13-20(4,25-7-3)19(23)22-16-11-12-17(24-6-2)18-15(16)10-9-14-21-18/h9-12,14H,5-8,13H2,1-4H3,(H,22,23)/t20-/m0/s1. The van der Waals surface area contributed by atoms with Gasteiger partial charge in [0.25, 0.3) is 5.91 Å². The molecule has 2 aromatic rings. The van der Waals surface area contributed by atoms with E-state index in [-0.39, 0.29) is 5.91 Å². The van der Waals surface area contributed by atoms with Crippen LogP contribution < -0.4 is 10.1 Å². The number of hydrogen-bond acceptors (Lipinski definition) is 4. The summed E-state index contributed by atoms with van der Waals surface area (Å²) in [7, 11) is 0. The normalized spacial score (nSPS) is 13.4. The van der Waals surface area contributed by atoms with E-state index in [1.54, 1.807) is 6.20 Å². The molecule has 136 valence electrons. The zero-order valence-electron chi connectivity index (χ0n) is 15.6. The molecular weight excluding hydrogens is 316 g/mol. The van der Waals surface area contributed by atoms with E-state index in [1.807, 2.05) is 45.0 Å². The van der Waals surface area contributed by atoms with E-state index in [4.69, 9.17) is 9.47 Å². The largest absolute Gasteiger partial charge is 0.492 e. The SMILES string of the molecule is CCCC[C@](C)(OCC)C(=O)Nc1ccc(OCC)c2ncccc12. The van der Waals surface area contributed by atoms with Gasteiger partial charge in [-0.3, -0.25) is 9.78 Å². The van der Waals surface area contributed by atoms with E-state index >= 15 is 0 Å². The lowest BCUT2D eigenvalue weighted by molar-refractivity contribution is -0.139. The van der Waals surface area contributed by atoms with E-state index < -0.39 is 5.60 Å². The van der Waals surface area contributed by atoms with Crippen molar-refractivity contribution in [2.75, 3.05) is 18.5 Å². The molecular formula is C20H28N2O3. The molecule has 1 aromatic heterocycles. The van der Waals surface area contributed by atoms with E-state index in [1.165, 1.54) is 0 Å². The quantitative estimate of drug-likeness (QED) is 0.724. The van der Waals surface area contributed by atoms with E-state index in [0.29, 0.717) is 19.6 Å². The van der Waals surface area contributed by atoms with Gasteiger partial charge in [0.05, 0.1) is 12.3 Å². The third-order valence-electron chi connectivity index (χ3n) is 4.23. The molecule has 0 unspecified atom stereocenters. The fourth-order valence-electron chi connectivity index (χ4n) is 2.87. The summed E-state index contributed by atoms with van der Waals surface area (Å²) in [6.45, 7) is 8.88. The maximum atomic E-state index is 12.9. The lowest BCUT2D eigenvalue weighted by atomic mass is 9.97. The van der Waals surface area contributed by atoms with E-state index in [9.17, 15) is 4.79 Å². The highest BCUT2D eigenvalue weighted by Crippen LogP contribution is 2.31. The molecule has 0 aliphatic carbocycles. The lowest BCUT2D eigenvalue weighted by Crippen LogP contribution is -2.42. The first-order valence-electron chi connectivity index (χ1n) is 9.01. The first kappa shape index (κ1) is 19.2. The Morgan fingerprint density at radius 1 is 1.20 bits per heavy atom. The van der Waals surface area contributed by atoms with Gasteiger partial charge in [0.2, 0.25) is 0 Å². The number of pyridine rings is 1. The summed E-state index contributed by atoms with van der Waals surface area (Å²) in [6, 6.07) is 7.49. The van der Waals surface area contributed by atoms with Gasteiger partial charge in [-0.1, -0.05) is 19.8 Å². The Labute approximate surface area is 149 Å². The molecule has 0 saturated heterocycles. The summed E-state index contributed by atoms with van der Waals surface area (Å²) in [5.74, 6) is 0.590. The van der Waals surface area contributed by atoms with Crippen LogP contribution in [0.3, 0.4) is 0 Å². The average molecular weight is 344 g/mol. The maximum Gasteiger partial charge on any atom is 0.256 e. The molecule has 1 amide bonds. The van der Waals surface area contributed by atoms with Crippen molar-refractivity contribution in [2.45, 2.75) is 52.6 Å². The lowest BCUT2D eigenvalue weighted by Gasteiger charge is -2.28. The van der Waals surface area contributed by atoms with Gasteiger partial charge in [-0.25, -0.2) is 0 Å². The van der Waals surface area contributed by atoms with Gasteiger partial charge in [0, 0.05) is 18.2 Å². The Morgan fingerprint density at radius 3 is 2.68 bits per heavy atom. The molecule has 1 atom stereocenters. The number of hydrogen-bond donors (Lipinski definition) is 1. The number of carbonyl (C=O) groups is 1. The Kier molecular flexibility index (Phi) is 6.76. The molecule has 1 N–H and O–H groups in total. The molecule has 0 aliphatic rings. The minimum absolute atomic E-state index is 0.128. The Balaban J connectivity index is 2.32. The fourth-order valence-corrected chi connectivity index (χ4v) is 2.87. The zero-order chi connectivity index (χ0) is 18.3. The summed E-state index contributed by atoms with van der Waals surface area (Å²) < 4.78 is 11.4. The van der Waals surface area contributed by atoms with Crippen LogP contribution in [0.2, 0.25) is 0 Å². The summed E-state index contributed by atoms with van der Waals surface area (Å²) in [5.41, 5.74) is 0.630. The Morgan fingerprint density at radius 2 is 2.00 bits per heavy atom. The third-order valence-corrected chi connectivity index (χ3v) is 4.23. The van der Waals surface area contributed by atoms with Crippen LogP contribution in [-0.2, 0) is 9.53 Å². The molecule has 5 nitrogen and oxygen atoms in total. The van der Waals surface area contributed by atoms with Gasteiger partial charge >= 0.3 is 0 Å². The van der Waals surface area contributed by atoms with Gasteiger partial charge in [0.15, 0.2) is 0 Å². The monoisotopic (exact) mass is 344 g/mol. The summed E-state index contributed by atoms with van der Waals surface area (Å²) in [4.78, 5) is 17.3. The number of rotatable bonds is 9. The van der Waals surface area contributed by atoms with Crippen LogP contribution in [0.5, 0.6) is 5.75 Å². The predicted molar refractivity (Wildman–Crippen MR) is 101 cm³/mol. The average Bonchev–Trinajstić information content (AvgIpc) is 2.62.